The molecule has 0 aliphatic carbocycles. The van der Waals surface area contributed by atoms with Gasteiger partial charge < -0.3 is 19.5 Å². The lowest BCUT2D eigenvalue weighted by molar-refractivity contribution is 0.216. The fourth-order valence-electron chi connectivity index (χ4n) is 3.36. The Morgan fingerprint density at radius 3 is 2.62 bits per heavy atom. The minimum Gasteiger partial charge on any atom is -0.471 e. The summed E-state index contributed by atoms with van der Waals surface area (Å²) < 4.78 is 11.8. The van der Waals surface area contributed by atoms with E-state index in [1.165, 1.54) is 0 Å². The molecular weight excluding hydrogens is 411 g/mol. The maximum Gasteiger partial charge on any atom is 0.232 e. The molecule has 0 bridgehead atoms. The van der Waals surface area contributed by atoms with E-state index >= 15 is 0 Å². The molecule has 29 heavy (non-hydrogen) atoms. The second kappa shape index (κ2) is 8.91. The first-order valence-electron chi connectivity index (χ1n) is 9.31. The molecule has 4 rings (SSSR count). The summed E-state index contributed by atoms with van der Waals surface area (Å²) in [5.41, 5.74) is 1.77. The first-order valence-corrected chi connectivity index (χ1v) is 10.1. The van der Waals surface area contributed by atoms with Crippen LogP contribution in [0.2, 0.25) is 10.0 Å². The second-order valence-corrected chi connectivity index (χ2v) is 7.61. The van der Waals surface area contributed by atoms with Crippen LogP contribution >= 0.6 is 23.2 Å². The van der Waals surface area contributed by atoms with Gasteiger partial charge in [-0.2, -0.15) is 0 Å². The van der Waals surface area contributed by atoms with Gasteiger partial charge in [0.05, 0.1) is 13.2 Å². The summed E-state index contributed by atoms with van der Waals surface area (Å²) in [6, 6.07) is 16.4. The Balaban J connectivity index is 1.45. The van der Waals surface area contributed by atoms with Gasteiger partial charge >= 0.3 is 0 Å². The predicted octanol–water partition coefficient (Wildman–Crippen LogP) is 5.33. The van der Waals surface area contributed by atoms with Crippen molar-refractivity contribution in [1.29, 1.82) is 0 Å². The number of aromatic nitrogens is 1. The highest BCUT2D eigenvalue weighted by molar-refractivity contribution is 6.31. The zero-order valence-electron chi connectivity index (χ0n) is 15.6. The molecule has 1 N–H and O–H groups in total. The average molecular weight is 431 g/mol. The number of rotatable bonds is 6. The van der Waals surface area contributed by atoms with Crippen molar-refractivity contribution < 1.29 is 14.6 Å². The Morgan fingerprint density at radius 1 is 1.07 bits per heavy atom. The number of halogens is 2. The molecular formula is C22H20Cl2N2O3. The van der Waals surface area contributed by atoms with Gasteiger partial charge in [-0.05, 0) is 54.6 Å². The van der Waals surface area contributed by atoms with E-state index < -0.39 is 0 Å². The Morgan fingerprint density at radius 2 is 1.86 bits per heavy atom. The van der Waals surface area contributed by atoms with Gasteiger partial charge in [-0.25, -0.2) is 4.98 Å². The maximum absolute atomic E-state index is 9.88. The molecule has 0 radical (unpaired) electrons. The van der Waals surface area contributed by atoms with Crippen LogP contribution in [0.3, 0.4) is 0 Å². The summed E-state index contributed by atoms with van der Waals surface area (Å²) in [5.74, 6) is 1.80. The molecule has 1 atom stereocenters. The molecule has 1 aromatic heterocycles. The average Bonchev–Trinajstić information content (AvgIpc) is 3.19. The summed E-state index contributed by atoms with van der Waals surface area (Å²) in [7, 11) is 0. The number of anilines is 1. The van der Waals surface area contributed by atoms with Gasteiger partial charge in [0.25, 0.3) is 0 Å². The number of ether oxygens (including phenoxy) is 2. The number of hydrogen-bond acceptors (Lipinski definition) is 5. The number of benzene rings is 2. The van der Waals surface area contributed by atoms with Crippen molar-refractivity contribution in [2.45, 2.75) is 19.1 Å². The summed E-state index contributed by atoms with van der Waals surface area (Å²) in [6.45, 7) is 1.43. The van der Waals surface area contributed by atoms with Crippen LogP contribution in [0.15, 0.2) is 60.8 Å². The Kier molecular flexibility index (Phi) is 6.09. The molecule has 3 aromatic rings. The Labute approximate surface area is 179 Å². The van der Waals surface area contributed by atoms with Crippen LogP contribution < -0.4 is 14.4 Å². The molecule has 2 aromatic carbocycles. The molecule has 0 saturated carbocycles. The molecule has 0 spiro atoms. The van der Waals surface area contributed by atoms with Gasteiger partial charge in [-0.3, -0.25) is 0 Å². The van der Waals surface area contributed by atoms with Crippen molar-refractivity contribution in [3.05, 3.63) is 76.4 Å². The highest BCUT2D eigenvalue weighted by Crippen LogP contribution is 2.32. The fourth-order valence-corrected chi connectivity index (χ4v) is 3.65. The van der Waals surface area contributed by atoms with Crippen LogP contribution in [0.5, 0.6) is 17.4 Å². The van der Waals surface area contributed by atoms with Crippen LogP contribution in [0.4, 0.5) is 5.69 Å². The monoisotopic (exact) mass is 430 g/mol. The van der Waals surface area contributed by atoms with E-state index in [0.29, 0.717) is 34.0 Å². The molecule has 2 heterocycles. The van der Waals surface area contributed by atoms with Crippen LogP contribution in [-0.4, -0.2) is 29.3 Å². The van der Waals surface area contributed by atoms with Crippen molar-refractivity contribution in [3.8, 4) is 17.4 Å². The zero-order chi connectivity index (χ0) is 20.2. The zero-order valence-corrected chi connectivity index (χ0v) is 17.1. The summed E-state index contributed by atoms with van der Waals surface area (Å²) in [4.78, 5) is 6.39. The third kappa shape index (κ3) is 4.75. The van der Waals surface area contributed by atoms with Crippen molar-refractivity contribution in [2.75, 3.05) is 18.0 Å². The van der Waals surface area contributed by atoms with Crippen LogP contribution in [-0.2, 0) is 6.61 Å². The van der Waals surface area contributed by atoms with Crippen LogP contribution in [0.1, 0.15) is 12.0 Å². The predicted molar refractivity (Wildman–Crippen MR) is 114 cm³/mol. The Bertz CT molecular complexity index is 982. The maximum atomic E-state index is 9.88. The van der Waals surface area contributed by atoms with E-state index in [9.17, 15) is 5.11 Å². The third-order valence-electron chi connectivity index (χ3n) is 4.76. The van der Waals surface area contributed by atoms with Crippen molar-refractivity contribution in [1.82, 2.24) is 4.98 Å². The number of aliphatic hydroxyl groups is 1. The van der Waals surface area contributed by atoms with E-state index in [4.69, 9.17) is 32.7 Å². The van der Waals surface area contributed by atoms with E-state index in [2.05, 4.69) is 9.88 Å². The summed E-state index contributed by atoms with van der Waals surface area (Å²) >= 11 is 12.1. The minimum atomic E-state index is -0.0821. The molecule has 5 nitrogen and oxygen atoms in total. The normalized spacial score (nSPS) is 16.1. The lowest BCUT2D eigenvalue weighted by Crippen LogP contribution is -2.25. The summed E-state index contributed by atoms with van der Waals surface area (Å²) in [5, 5.41) is 11.0. The molecule has 1 saturated heterocycles. The molecule has 0 unspecified atom stereocenters. The molecule has 1 aliphatic heterocycles. The fraction of sp³-hybridized carbons (Fsp3) is 0.227. The van der Waals surface area contributed by atoms with Crippen molar-refractivity contribution in [2.24, 2.45) is 0 Å². The molecule has 150 valence electrons. The van der Waals surface area contributed by atoms with E-state index in [1.54, 1.807) is 42.6 Å². The Hall–Kier alpha value is -2.47. The third-order valence-corrected chi connectivity index (χ3v) is 5.30. The smallest absolute Gasteiger partial charge is 0.232 e. The first kappa shape index (κ1) is 19.8. The van der Waals surface area contributed by atoms with E-state index in [1.807, 2.05) is 18.2 Å². The number of hydrogen-bond donors (Lipinski definition) is 1. The molecule has 1 fully saturated rings. The van der Waals surface area contributed by atoms with Crippen molar-refractivity contribution >= 4 is 28.9 Å². The molecule has 1 aliphatic rings. The standard InChI is InChI=1S/C22H20Cl2N2O3/c23-16-3-5-17(6-4-16)28-18-7-8-21(15(12-18)14-27)26-11-9-19(13-26)29-22-20(24)2-1-10-25-22/h1-8,10,12,19,27H,9,11,13-14H2/t19-/m0/s1. The van der Waals surface area contributed by atoms with Crippen LogP contribution in [0.25, 0.3) is 0 Å². The lowest BCUT2D eigenvalue weighted by atomic mass is 10.1. The van der Waals surface area contributed by atoms with Gasteiger partial charge in [0.2, 0.25) is 5.88 Å². The molecule has 0 amide bonds. The van der Waals surface area contributed by atoms with Gasteiger partial charge in [0.1, 0.15) is 22.6 Å². The van der Waals surface area contributed by atoms with Gasteiger partial charge in [0, 0.05) is 35.4 Å². The minimum absolute atomic E-state index is 0.0149. The first-order chi connectivity index (χ1) is 14.1. The van der Waals surface area contributed by atoms with Crippen LogP contribution in [0, 0.1) is 0 Å². The van der Waals surface area contributed by atoms with Gasteiger partial charge in [0.15, 0.2) is 0 Å². The number of pyridine rings is 1. The quantitative estimate of drug-likeness (QED) is 0.572. The highest BCUT2D eigenvalue weighted by atomic mass is 35.5. The summed E-state index contributed by atoms with van der Waals surface area (Å²) in [6.07, 6.45) is 2.50. The van der Waals surface area contributed by atoms with Gasteiger partial charge in [-0.1, -0.05) is 23.2 Å². The van der Waals surface area contributed by atoms with Crippen molar-refractivity contribution in [3.63, 3.8) is 0 Å². The molecule has 7 heteroatoms. The SMILES string of the molecule is OCc1cc(Oc2ccc(Cl)cc2)ccc1N1CC[C@H](Oc2ncccc2Cl)C1. The number of nitrogens with zero attached hydrogens (tertiary/aromatic N) is 2. The van der Waals surface area contributed by atoms with Gasteiger partial charge in [-0.15, -0.1) is 0 Å². The topological polar surface area (TPSA) is 54.8 Å². The number of aliphatic hydroxyl groups excluding tert-OH is 1. The van der Waals surface area contributed by atoms with E-state index in [0.717, 1.165) is 24.2 Å². The highest BCUT2D eigenvalue weighted by Gasteiger charge is 2.26. The lowest BCUT2D eigenvalue weighted by Gasteiger charge is -2.22. The van der Waals surface area contributed by atoms with E-state index in [-0.39, 0.29) is 12.7 Å². The largest absolute Gasteiger partial charge is 0.471 e. The second-order valence-electron chi connectivity index (χ2n) is 6.77.